The van der Waals surface area contributed by atoms with Crippen LogP contribution in [0.5, 0.6) is 0 Å². The second-order valence-corrected chi connectivity index (χ2v) is 5.65. The molecule has 1 aromatic heterocycles. The third-order valence-electron chi connectivity index (χ3n) is 4.03. The monoisotopic (exact) mass is 325 g/mol. The van der Waals surface area contributed by atoms with E-state index in [9.17, 15) is 4.39 Å². The van der Waals surface area contributed by atoms with Gasteiger partial charge in [-0.1, -0.05) is 6.07 Å². The van der Waals surface area contributed by atoms with E-state index in [0.717, 1.165) is 16.9 Å². The second kappa shape index (κ2) is 7.27. The molecule has 0 atom stereocenters. The third-order valence-corrected chi connectivity index (χ3v) is 4.03. The highest BCUT2D eigenvalue weighted by Crippen LogP contribution is 2.22. The molecule has 0 unspecified atom stereocenters. The number of hydrogen-bond acceptors (Lipinski definition) is 4. The van der Waals surface area contributed by atoms with Gasteiger partial charge in [0.2, 0.25) is 0 Å². The maximum atomic E-state index is 13.8. The van der Waals surface area contributed by atoms with Gasteiger partial charge in [-0.2, -0.15) is 0 Å². The van der Waals surface area contributed by atoms with Crippen molar-refractivity contribution in [2.24, 2.45) is 0 Å². The summed E-state index contributed by atoms with van der Waals surface area (Å²) in [5.74, 6) is -0.252. The number of likely N-dealkylation sites (N-methyl/N-ethyl adjacent to an activating group) is 1. The number of nitrogens with zero attached hydrogens (tertiary/aromatic N) is 2. The molecule has 0 fully saturated rings. The van der Waals surface area contributed by atoms with E-state index in [2.05, 4.69) is 10.3 Å². The number of anilines is 2. The Morgan fingerprint density at radius 1 is 1.12 bits per heavy atom. The minimum absolute atomic E-state index is 0.126. The van der Waals surface area contributed by atoms with E-state index >= 15 is 0 Å². The normalized spacial score (nSPS) is 10.8. The van der Waals surface area contributed by atoms with Crippen LogP contribution in [0.3, 0.4) is 0 Å². The Morgan fingerprint density at radius 2 is 1.92 bits per heavy atom. The van der Waals surface area contributed by atoms with Gasteiger partial charge in [-0.15, -0.1) is 0 Å². The van der Waals surface area contributed by atoms with Crippen molar-refractivity contribution >= 4 is 22.3 Å². The van der Waals surface area contributed by atoms with Gasteiger partial charge in [0.15, 0.2) is 0 Å². The molecule has 1 heterocycles. The van der Waals surface area contributed by atoms with Crippen molar-refractivity contribution in [2.45, 2.75) is 6.54 Å². The van der Waals surface area contributed by atoms with Gasteiger partial charge in [-0.3, -0.25) is 4.98 Å². The van der Waals surface area contributed by atoms with Crippen molar-refractivity contribution in [1.29, 1.82) is 0 Å². The molecule has 0 aliphatic rings. The first-order chi connectivity index (χ1) is 11.7. The maximum Gasteiger partial charge on any atom is 0.132 e. The largest absolute Gasteiger partial charge is 0.395 e. The summed E-state index contributed by atoms with van der Waals surface area (Å²) in [6, 6.07) is 14.7. The molecule has 0 saturated carbocycles. The van der Waals surface area contributed by atoms with E-state index in [4.69, 9.17) is 5.11 Å². The standard InChI is InChI=1S/C19H20FN3O/c1-23(11-12-24)16-7-5-15(6-8-16)22-13-14-4-9-18(20)17-3-2-10-21-19(14)17/h2-10,22,24H,11-13H2,1H3. The minimum atomic E-state index is -0.252. The van der Waals surface area contributed by atoms with Crippen molar-refractivity contribution < 1.29 is 9.50 Å². The zero-order chi connectivity index (χ0) is 16.9. The number of aliphatic hydroxyl groups is 1. The molecule has 0 spiro atoms. The fraction of sp³-hybridized carbons (Fsp3) is 0.211. The predicted molar refractivity (Wildman–Crippen MR) is 95.8 cm³/mol. The lowest BCUT2D eigenvalue weighted by Gasteiger charge is -2.18. The average molecular weight is 325 g/mol. The van der Waals surface area contributed by atoms with Crippen LogP contribution >= 0.6 is 0 Å². The Labute approximate surface area is 140 Å². The molecule has 0 radical (unpaired) electrons. The van der Waals surface area contributed by atoms with E-state index in [0.29, 0.717) is 24.0 Å². The average Bonchev–Trinajstić information content (AvgIpc) is 2.62. The molecule has 3 rings (SSSR count). The number of benzene rings is 2. The van der Waals surface area contributed by atoms with Gasteiger partial charge in [0.05, 0.1) is 12.1 Å². The molecule has 0 aliphatic heterocycles. The van der Waals surface area contributed by atoms with E-state index in [-0.39, 0.29) is 12.4 Å². The number of fused-ring (bicyclic) bond motifs is 1. The van der Waals surface area contributed by atoms with Gasteiger partial charge in [-0.05, 0) is 48.0 Å². The van der Waals surface area contributed by atoms with E-state index < -0.39 is 0 Å². The molecule has 2 N–H and O–H groups in total. The van der Waals surface area contributed by atoms with Crippen LogP contribution in [0.4, 0.5) is 15.8 Å². The summed E-state index contributed by atoms with van der Waals surface area (Å²) in [5, 5.41) is 12.9. The topological polar surface area (TPSA) is 48.4 Å². The number of aromatic nitrogens is 1. The molecule has 2 aromatic carbocycles. The van der Waals surface area contributed by atoms with Crippen molar-refractivity contribution in [3.05, 3.63) is 66.1 Å². The van der Waals surface area contributed by atoms with Crippen LogP contribution in [-0.2, 0) is 6.54 Å². The first-order valence-electron chi connectivity index (χ1n) is 7.87. The first-order valence-corrected chi connectivity index (χ1v) is 7.87. The lowest BCUT2D eigenvalue weighted by molar-refractivity contribution is 0.304. The molecular formula is C19H20FN3O. The van der Waals surface area contributed by atoms with E-state index in [1.54, 1.807) is 24.4 Å². The van der Waals surface area contributed by atoms with E-state index in [1.165, 1.54) is 6.07 Å². The summed E-state index contributed by atoms with van der Waals surface area (Å²) in [6.45, 7) is 1.29. The highest BCUT2D eigenvalue weighted by atomic mass is 19.1. The molecule has 0 aliphatic carbocycles. The van der Waals surface area contributed by atoms with Gasteiger partial charge in [0.1, 0.15) is 5.82 Å². The Morgan fingerprint density at radius 3 is 2.67 bits per heavy atom. The highest BCUT2D eigenvalue weighted by molar-refractivity contribution is 5.82. The van der Waals surface area contributed by atoms with Crippen LogP contribution in [-0.4, -0.2) is 30.3 Å². The van der Waals surface area contributed by atoms with Crippen molar-refractivity contribution in [2.75, 3.05) is 30.4 Å². The number of rotatable bonds is 6. The number of pyridine rings is 1. The lowest BCUT2D eigenvalue weighted by atomic mass is 10.1. The summed E-state index contributed by atoms with van der Waals surface area (Å²) >= 11 is 0. The summed E-state index contributed by atoms with van der Waals surface area (Å²) in [7, 11) is 1.94. The molecule has 3 aromatic rings. The first kappa shape index (κ1) is 16.2. The van der Waals surface area contributed by atoms with Gasteiger partial charge in [-0.25, -0.2) is 4.39 Å². The third kappa shape index (κ3) is 3.46. The highest BCUT2D eigenvalue weighted by Gasteiger charge is 2.07. The fourth-order valence-electron chi connectivity index (χ4n) is 2.65. The Balaban J connectivity index is 1.73. The fourth-order valence-corrected chi connectivity index (χ4v) is 2.65. The zero-order valence-corrected chi connectivity index (χ0v) is 13.5. The zero-order valence-electron chi connectivity index (χ0n) is 13.5. The van der Waals surface area contributed by atoms with Gasteiger partial charge in [0, 0.05) is 43.1 Å². The minimum Gasteiger partial charge on any atom is -0.395 e. The van der Waals surface area contributed by atoms with E-state index in [1.807, 2.05) is 36.2 Å². The van der Waals surface area contributed by atoms with Crippen molar-refractivity contribution in [3.8, 4) is 0 Å². The lowest BCUT2D eigenvalue weighted by Crippen LogP contribution is -2.20. The van der Waals surface area contributed by atoms with Crippen molar-refractivity contribution in [3.63, 3.8) is 0 Å². The van der Waals surface area contributed by atoms with Gasteiger partial charge in [0.25, 0.3) is 0 Å². The Kier molecular flexibility index (Phi) is 4.91. The molecule has 0 amide bonds. The SMILES string of the molecule is CN(CCO)c1ccc(NCc2ccc(F)c3cccnc23)cc1. The number of nitrogens with one attached hydrogen (secondary N) is 1. The number of aliphatic hydroxyl groups excluding tert-OH is 1. The molecule has 0 saturated heterocycles. The van der Waals surface area contributed by atoms with Crippen molar-refractivity contribution in [1.82, 2.24) is 4.98 Å². The molecule has 0 bridgehead atoms. The van der Waals surface area contributed by atoms with Crippen LogP contribution in [0.15, 0.2) is 54.7 Å². The summed E-state index contributed by atoms with van der Waals surface area (Å²) in [4.78, 5) is 6.29. The Bertz CT molecular complexity index is 820. The Hall–Kier alpha value is -2.66. The molecule has 4 nitrogen and oxygen atoms in total. The smallest absolute Gasteiger partial charge is 0.132 e. The van der Waals surface area contributed by atoms with Crippen LogP contribution < -0.4 is 10.2 Å². The van der Waals surface area contributed by atoms with Crippen LogP contribution in [0.25, 0.3) is 10.9 Å². The molecular weight excluding hydrogens is 305 g/mol. The number of hydrogen-bond donors (Lipinski definition) is 2. The van der Waals surface area contributed by atoms with Gasteiger partial charge < -0.3 is 15.3 Å². The summed E-state index contributed by atoms with van der Waals surface area (Å²) in [6.07, 6.45) is 1.68. The molecule has 24 heavy (non-hydrogen) atoms. The predicted octanol–water partition coefficient (Wildman–Crippen LogP) is 3.41. The van der Waals surface area contributed by atoms with Crippen LogP contribution in [0, 0.1) is 5.82 Å². The van der Waals surface area contributed by atoms with Crippen LogP contribution in [0.1, 0.15) is 5.56 Å². The summed E-state index contributed by atoms with van der Waals surface area (Å²) in [5.41, 5.74) is 3.66. The second-order valence-electron chi connectivity index (χ2n) is 5.65. The van der Waals surface area contributed by atoms with Gasteiger partial charge >= 0.3 is 0 Å². The van der Waals surface area contributed by atoms with Crippen LogP contribution in [0.2, 0.25) is 0 Å². The summed E-state index contributed by atoms with van der Waals surface area (Å²) < 4.78 is 13.8. The number of halogens is 1. The quantitative estimate of drug-likeness (QED) is 0.729. The molecule has 124 valence electrons. The maximum absolute atomic E-state index is 13.8. The molecule has 5 heteroatoms.